The lowest BCUT2D eigenvalue weighted by Crippen LogP contribution is -2.48. The molecule has 0 spiro atoms. The van der Waals surface area contributed by atoms with E-state index in [0.717, 1.165) is 25.9 Å². The molecule has 0 saturated carbocycles. The van der Waals surface area contributed by atoms with Crippen LogP contribution in [0.4, 0.5) is 0 Å². The maximum Gasteiger partial charge on any atom is 0.220 e. The molecule has 1 amide bonds. The molecule has 2 rings (SSSR count). The van der Waals surface area contributed by atoms with E-state index in [1.807, 2.05) is 18.2 Å². The summed E-state index contributed by atoms with van der Waals surface area (Å²) in [4.78, 5) is 12.3. The summed E-state index contributed by atoms with van der Waals surface area (Å²) in [6.45, 7) is 6.36. The van der Waals surface area contributed by atoms with Crippen LogP contribution in [-0.4, -0.2) is 25.0 Å². The maximum atomic E-state index is 12.3. The summed E-state index contributed by atoms with van der Waals surface area (Å²) in [5, 5.41) is 6.59. The van der Waals surface area contributed by atoms with E-state index in [9.17, 15) is 4.79 Å². The second-order valence-corrected chi connectivity index (χ2v) is 5.86. The van der Waals surface area contributed by atoms with Crippen molar-refractivity contribution in [3.05, 3.63) is 35.9 Å². The van der Waals surface area contributed by atoms with E-state index < -0.39 is 0 Å². The minimum Gasteiger partial charge on any atom is -0.353 e. The van der Waals surface area contributed by atoms with Crippen LogP contribution >= 0.6 is 12.4 Å². The lowest BCUT2D eigenvalue weighted by molar-refractivity contribution is -0.122. The fraction of sp³-hybridized carbons (Fsp3) is 0.588. The molecule has 4 heteroatoms. The Hall–Kier alpha value is -1.06. The first kappa shape index (κ1) is 18.0. The first-order valence-electron chi connectivity index (χ1n) is 7.75. The number of carbonyl (C=O) groups excluding carboxylic acids is 1. The Balaban J connectivity index is 0.00000220. The topological polar surface area (TPSA) is 41.1 Å². The van der Waals surface area contributed by atoms with Crippen LogP contribution in [0.25, 0.3) is 0 Å². The summed E-state index contributed by atoms with van der Waals surface area (Å²) >= 11 is 0. The first-order valence-corrected chi connectivity index (χ1v) is 7.75. The normalized spacial score (nSPS) is 23.0. The minimum absolute atomic E-state index is 0. The van der Waals surface area contributed by atoms with Gasteiger partial charge < -0.3 is 10.6 Å². The molecule has 0 aliphatic carbocycles. The Morgan fingerprint density at radius 2 is 2.10 bits per heavy atom. The summed E-state index contributed by atoms with van der Waals surface area (Å²) < 4.78 is 0. The minimum atomic E-state index is 0. The van der Waals surface area contributed by atoms with Crippen molar-refractivity contribution in [2.45, 2.75) is 45.1 Å². The molecule has 1 heterocycles. The largest absolute Gasteiger partial charge is 0.353 e. The van der Waals surface area contributed by atoms with Crippen molar-refractivity contribution in [1.29, 1.82) is 0 Å². The van der Waals surface area contributed by atoms with E-state index in [4.69, 9.17) is 0 Å². The molecule has 21 heavy (non-hydrogen) atoms. The van der Waals surface area contributed by atoms with E-state index in [1.165, 1.54) is 5.56 Å². The van der Waals surface area contributed by atoms with Crippen molar-refractivity contribution in [2.75, 3.05) is 13.1 Å². The number of hydrogen-bond donors (Lipinski definition) is 2. The summed E-state index contributed by atoms with van der Waals surface area (Å²) in [5.41, 5.74) is 1.27. The van der Waals surface area contributed by atoms with Gasteiger partial charge >= 0.3 is 0 Å². The van der Waals surface area contributed by atoms with Gasteiger partial charge in [-0.15, -0.1) is 12.4 Å². The van der Waals surface area contributed by atoms with E-state index >= 15 is 0 Å². The van der Waals surface area contributed by atoms with Crippen LogP contribution in [0.5, 0.6) is 0 Å². The Morgan fingerprint density at radius 3 is 2.71 bits per heavy atom. The van der Waals surface area contributed by atoms with Gasteiger partial charge in [0.05, 0.1) is 0 Å². The molecule has 1 aliphatic rings. The first-order chi connectivity index (χ1) is 9.70. The highest BCUT2D eigenvalue weighted by Gasteiger charge is 2.23. The third-order valence-corrected chi connectivity index (χ3v) is 4.33. The molecule has 0 bridgehead atoms. The highest BCUT2D eigenvalue weighted by molar-refractivity contribution is 5.85. The second-order valence-electron chi connectivity index (χ2n) is 5.86. The molecule has 1 fully saturated rings. The molecule has 0 radical (unpaired) electrons. The average molecular weight is 311 g/mol. The van der Waals surface area contributed by atoms with Crippen LogP contribution < -0.4 is 10.6 Å². The molecule has 118 valence electrons. The van der Waals surface area contributed by atoms with E-state index in [1.54, 1.807) is 0 Å². The second kappa shape index (κ2) is 9.06. The van der Waals surface area contributed by atoms with E-state index in [2.05, 4.69) is 36.6 Å². The molecule has 1 aliphatic heterocycles. The third-order valence-electron chi connectivity index (χ3n) is 4.33. The molecule has 1 saturated heterocycles. The smallest absolute Gasteiger partial charge is 0.220 e. The monoisotopic (exact) mass is 310 g/mol. The number of carbonyl (C=O) groups is 1. The van der Waals surface area contributed by atoms with Gasteiger partial charge in [0.15, 0.2) is 0 Å². The molecular weight excluding hydrogens is 284 g/mol. The van der Waals surface area contributed by atoms with Crippen LogP contribution in [-0.2, 0) is 4.79 Å². The van der Waals surface area contributed by atoms with Gasteiger partial charge in [-0.2, -0.15) is 0 Å². The van der Waals surface area contributed by atoms with Crippen LogP contribution in [0.1, 0.15) is 44.6 Å². The summed E-state index contributed by atoms with van der Waals surface area (Å²) in [6.07, 6.45) is 2.63. The van der Waals surface area contributed by atoms with Gasteiger partial charge in [0.25, 0.3) is 0 Å². The molecule has 3 atom stereocenters. The van der Waals surface area contributed by atoms with Crippen LogP contribution in [0, 0.1) is 5.92 Å². The Labute approximate surface area is 134 Å². The van der Waals surface area contributed by atoms with Crippen molar-refractivity contribution in [2.24, 2.45) is 5.92 Å². The number of amides is 1. The number of piperidine rings is 1. The number of halogens is 1. The number of benzene rings is 1. The fourth-order valence-electron chi connectivity index (χ4n) is 2.94. The number of hydrogen-bond acceptors (Lipinski definition) is 2. The van der Waals surface area contributed by atoms with Gasteiger partial charge in [-0.3, -0.25) is 4.79 Å². The van der Waals surface area contributed by atoms with Crippen LogP contribution in [0.2, 0.25) is 0 Å². The number of rotatable bonds is 5. The fourth-order valence-corrected chi connectivity index (χ4v) is 2.94. The third kappa shape index (κ3) is 5.33. The zero-order valence-corrected chi connectivity index (χ0v) is 13.8. The lowest BCUT2D eigenvalue weighted by atomic mass is 9.91. The predicted molar refractivity (Wildman–Crippen MR) is 89.9 cm³/mol. The van der Waals surface area contributed by atoms with Crippen molar-refractivity contribution in [3.8, 4) is 0 Å². The molecule has 3 nitrogen and oxygen atoms in total. The predicted octanol–water partition coefficient (Wildman–Crippen LogP) is 3.11. The van der Waals surface area contributed by atoms with Crippen LogP contribution in [0.3, 0.4) is 0 Å². The van der Waals surface area contributed by atoms with Crippen molar-refractivity contribution < 1.29 is 4.79 Å². The van der Waals surface area contributed by atoms with Gasteiger partial charge in [0, 0.05) is 12.5 Å². The van der Waals surface area contributed by atoms with Gasteiger partial charge in [-0.1, -0.05) is 44.2 Å². The Kier molecular flexibility index (Phi) is 7.76. The van der Waals surface area contributed by atoms with Crippen molar-refractivity contribution in [1.82, 2.24) is 10.6 Å². The van der Waals surface area contributed by atoms with Gasteiger partial charge in [0.1, 0.15) is 0 Å². The number of nitrogens with one attached hydrogen (secondary N) is 2. The van der Waals surface area contributed by atoms with Crippen molar-refractivity contribution >= 4 is 18.3 Å². The van der Waals surface area contributed by atoms with E-state index in [0.29, 0.717) is 24.3 Å². The standard InChI is InChI=1S/C17H26N2O.ClH/c1-3-14(15-7-5-4-6-8-15)11-17(20)19-16-9-10-18-12-13(16)2;/h4-8,13-14,16,18H,3,9-12H2,1-2H3,(H,19,20);1H. The molecule has 1 aromatic carbocycles. The maximum absolute atomic E-state index is 12.3. The zero-order valence-electron chi connectivity index (χ0n) is 13.0. The highest BCUT2D eigenvalue weighted by atomic mass is 35.5. The van der Waals surface area contributed by atoms with Gasteiger partial charge in [-0.25, -0.2) is 0 Å². The summed E-state index contributed by atoms with van der Waals surface area (Å²) in [6, 6.07) is 10.7. The van der Waals surface area contributed by atoms with Gasteiger partial charge in [0.2, 0.25) is 5.91 Å². The SMILES string of the molecule is CCC(CC(=O)NC1CCNCC1C)c1ccccc1.Cl. The van der Waals surface area contributed by atoms with Crippen molar-refractivity contribution in [3.63, 3.8) is 0 Å². The van der Waals surface area contributed by atoms with E-state index in [-0.39, 0.29) is 18.3 Å². The zero-order chi connectivity index (χ0) is 14.4. The molecule has 0 aromatic heterocycles. The summed E-state index contributed by atoms with van der Waals surface area (Å²) in [7, 11) is 0. The molecule has 3 unspecified atom stereocenters. The average Bonchev–Trinajstić information content (AvgIpc) is 2.48. The lowest BCUT2D eigenvalue weighted by Gasteiger charge is -2.30. The van der Waals surface area contributed by atoms with Gasteiger partial charge in [-0.05, 0) is 43.3 Å². The van der Waals surface area contributed by atoms with Crippen LogP contribution in [0.15, 0.2) is 30.3 Å². The Morgan fingerprint density at radius 1 is 1.38 bits per heavy atom. The molecule has 2 N–H and O–H groups in total. The summed E-state index contributed by atoms with van der Waals surface area (Å²) in [5.74, 6) is 1.04. The molecular formula is C17H27ClN2O. The Bertz CT molecular complexity index is 424. The highest BCUT2D eigenvalue weighted by Crippen LogP contribution is 2.23. The quantitative estimate of drug-likeness (QED) is 0.877. The molecule has 1 aromatic rings.